The highest BCUT2D eigenvalue weighted by Crippen LogP contribution is 2.32. The van der Waals surface area contributed by atoms with Crippen LogP contribution in [0.15, 0.2) is 42.5 Å². The Kier molecular flexibility index (Phi) is 6.48. The van der Waals surface area contributed by atoms with Crippen molar-refractivity contribution in [1.82, 2.24) is 10.6 Å². The quantitative estimate of drug-likeness (QED) is 0.657. The Balaban J connectivity index is 1.32. The van der Waals surface area contributed by atoms with Crippen molar-refractivity contribution >= 4 is 11.8 Å². The van der Waals surface area contributed by atoms with Crippen LogP contribution in [-0.4, -0.2) is 43.7 Å². The molecular formula is C24H27FN2O5. The topological polar surface area (TPSA) is 85.9 Å². The van der Waals surface area contributed by atoms with E-state index in [4.69, 9.17) is 14.2 Å². The Labute approximate surface area is 186 Å². The van der Waals surface area contributed by atoms with Crippen LogP contribution >= 0.6 is 0 Å². The van der Waals surface area contributed by atoms with Crippen molar-refractivity contribution in [3.05, 3.63) is 53.8 Å². The van der Waals surface area contributed by atoms with E-state index in [1.54, 1.807) is 12.1 Å². The summed E-state index contributed by atoms with van der Waals surface area (Å²) in [5.74, 6) is 1.18. The number of ether oxygens (including phenoxy) is 3. The standard InChI is InChI=1S/C24H27FN2O5/c1-30-17-7-6-16(19(25)12-17)13-24(11-9-23(29)27-24)10-8-22(28)26-14-18-15-31-20-4-2-3-5-21(20)32-18/h2-7,12,18H,8-11,13-15H2,1H3,(H,26,28)(H,27,29)/t18-,24+/m0/s1. The normalized spacial score (nSPS) is 21.7. The Morgan fingerprint density at radius 2 is 2.09 bits per heavy atom. The van der Waals surface area contributed by atoms with Crippen molar-refractivity contribution in [3.63, 3.8) is 0 Å². The van der Waals surface area contributed by atoms with Crippen LogP contribution in [0.25, 0.3) is 0 Å². The van der Waals surface area contributed by atoms with Gasteiger partial charge in [-0.1, -0.05) is 18.2 Å². The number of fused-ring (bicyclic) bond motifs is 1. The van der Waals surface area contributed by atoms with E-state index in [2.05, 4.69) is 10.6 Å². The predicted molar refractivity (Wildman–Crippen MR) is 115 cm³/mol. The zero-order chi connectivity index (χ0) is 22.6. The maximum atomic E-state index is 14.5. The number of amides is 2. The summed E-state index contributed by atoms with van der Waals surface area (Å²) in [4.78, 5) is 24.5. The monoisotopic (exact) mass is 442 g/mol. The van der Waals surface area contributed by atoms with E-state index < -0.39 is 5.54 Å². The van der Waals surface area contributed by atoms with E-state index in [1.165, 1.54) is 13.2 Å². The van der Waals surface area contributed by atoms with Gasteiger partial charge in [0.25, 0.3) is 0 Å². The van der Waals surface area contributed by atoms with Gasteiger partial charge < -0.3 is 24.8 Å². The lowest BCUT2D eigenvalue weighted by Gasteiger charge is -2.30. The largest absolute Gasteiger partial charge is 0.497 e. The molecule has 4 rings (SSSR count). The third kappa shape index (κ3) is 5.12. The average molecular weight is 442 g/mol. The first-order valence-electron chi connectivity index (χ1n) is 10.7. The number of hydrogen-bond donors (Lipinski definition) is 2. The minimum atomic E-state index is -0.646. The maximum absolute atomic E-state index is 14.5. The van der Waals surface area contributed by atoms with E-state index >= 15 is 0 Å². The SMILES string of the molecule is COc1ccc(C[C@@]2(CCC(=O)NC[C@H]3COc4ccccc4O3)CCC(=O)N2)c(F)c1. The number of benzene rings is 2. The summed E-state index contributed by atoms with van der Waals surface area (Å²) in [7, 11) is 1.48. The molecule has 1 saturated heterocycles. The average Bonchev–Trinajstić information content (AvgIpc) is 3.18. The molecule has 8 heteroatoms. The van der Waals surface area contributed by atoms with Gasteiger partial charge in [-0.2, -0.15) is 0 Å². The molecule has 7 nitrogen and oxygen atoms in total. The number of carbonyl (C=O) groups is 2. The summed E-state index contributed by atoms with van der Waals surface area (Å²) in [6.07, 6.45) is 1.59. The van der Waals surface area contributed by atoms with Gasteiger partial charge in [0.15, 0.2) is 11.5 Å². The molecule has 0 radical (unpaired) electrons. The molecule has 2 aromatic rings. The lowest BCUT2D eigenvalue weighted by molar-refractivity contribution is -0.123. The highest BCUT2D eigenvalue weighted by molar-refractivity contribution is 5.80. The first-order chi connectivity index (χ1) is 15.5. The number of nitrogens with one attached hydrogen (secondary N) is 2. The predicted octanol–water partition coefficient (Wildman–Crippen LogP) is 2.76. The van der Waals surface area contributed by atoms with Gasteiger partial charge in [-0.05, 0) is 43.0 Å². The lowest BCUT2D eigenvalue weighted by atomic mass is 9.84. The minimum Gasteiger partial charge on any atom is -0.497 e. The van der Waals surface area contributed by atoms with Gasteiger partial charge in [0.05, 0.1) is 13.7 Å². The summed E-state index contributed by atoms with van der Waals surface area (Å²) >= 11 is 0. The van der Waals surface area contributed by atoms with Gasteiger partial charge in [-0.3, -0.25) is 9.59 Å². The smallest absolute Gasteiger partial charge is 0.220 e. The fourth-order valence-electron chi connectivity index (χ4n) is 4.18. The summed E-state index contributed by atoms with van der Waals surface area (Å²) in [5.41, 5.74) is -0.160. The molecule has 2 amide bonds. The molecule has 0 unspecified atom stereocenters. The molecule has 2 aromatic carbocycles. The van der Waals surface area contributed by atoms with Gasteiger partial charge in [0, 0.05) is 24.4 Å². The molecule has 1 fully saturated rings. The van der Waals surface area contributed by atoms with Gasteiger partial charge in [0.1, 0.15) is 24.3 Å². The molecule has 2 aliphatic rings. The molecule has 2 N–H and O–H groups in total. The molecule has 170 valence electrons. The highest BCUT2D eigenvalue weighted by atomic mass is 19.1. The van der Waals surface area contributed by atoms with Crippen molar-refractivity contribution in [1.29, 1.82) is 0 Å². The highest BCUT2D eigenvalue weighted by Gasteiger charge is 2.38. The maximum Gasteiger partial charge on any atom is 0.220 e. The number of para-hydroxylation sites is 2. The van der Waals surface area contributed by atoms with Crippen LogP contribution in [0, 0.1) is 5.82 Å². The second kappa shape index (κ2) is 9.46. The van der Waals surface area contributed by atoms with Gasteiger partial charge in [-0.25, -0.2) is 4.39 Å². The summed E-state index contributed by atoms with van der Waals surface area (Å²) in [5, 5.41) is 5.86. The number of methoxy groups -OCH3 is 1. The molecule has 2 heterocycles. The van der Waals surface area contributed by atoms with Crippen LogP contribution in [0.3, 0.4) is 0 Å². The molecule has 0 aromatic heterocycles. The fourth-order valence-corrected chi connectivity index (χ4v) is 4.18. The van der Waals surface area contributed by atoms with Crippen LogP contribution in [0.4, 0.5) is 4.39 Å². The second-order valence-electron chi connectivity index (χ2n) is 8.26. The van der Waals surface area contributed by atoms with E-state index in [0.29, 0.717) is 61.6 Å². The lowest BCUT2D eigenvalue weighted by Crippen LogP contribution is -2.45. The van der Waals surface area contributed by atoms with E-state index in [0.717, 1.165) is 0 Å². The molecule has 0 bridgehead atoms. The molecule has 32 heavy (non-hydrogen) atoms. The minimum absolute atomic E-state index is 0.0780. The van der Waals surface area contributed by atoms with E-state index in [-0.39, 0.29) is 30.2 Å². The third-order valence-corrected chi connectivity index (χ3v) is 5.95. The number of carbonyl (C=O) groups excluding carboxylic acids is 2. The number of rotatable bonds is 8. The second-order valence-corrected chi connectivity index (χ2v) is 8.26. The zero-order valence-corrected chi connectivity index (χ0v) is 18.0. The first kappa shape index (κ1) is 21.9. The van der Waals surface area contributed by atoms with Crippen molar-refractivity contribution < 1.29 is 28.2 Å². The van der Waals surface area contributed by atoms with E-state index in [1.807, 2.05) is 24.3 Å². The van der Waals surface area contributed by atoms with Crippen LogP contribution in [-0.2, 0) is 16.0 Å². The first-order valence-corrected chi connectivity index (χ1v) is 10.7. The molecule has 0 aliphatic carbocycles. The zero-order valence-electron chi connectivity index (χ0n) is 18.0. The molecule has 2 atom stereocenters. The van der Waals surface area contributed by atoms with Crippen molar-refractivity contribution in [3.8, 4) is 17.2 Å². The van der Waals surface area contributed by atoms with E-state index in [9.17, 15) is 14.0 Å². The Morgan fingerprint density at radius 3 is 2.81 bits per heavy atom. The van der Waals surface area contributed by atoms with Crippen LogP contribution < -0.4 is 24.8 Å². The Bertz CT molecular complexity index is 998. The Morgan fingerprint density at radius 1 is 1.28 bits per heavy atom. The van der Waals surface area contributed by atoms with Crippen LogP contribution in [0.2, 0.25) is 0 Å². The number of hydrogen-bond acceptors (Lipinski definition) is 5. The molecular weight excluding hydrogens is 415 g/mol. The van der Waals surface area contributed by atoms with Crippen molar-refractivity contribution in [2.45, 2.75) is 43.7 Å². The van der Waals surface area contributed by atoms with Gasteiger partial charge >= 0.3 is 0 Å². The molecule has 2 aliphatic heterocycles. The third-order valence-electron chi connectivity index (χ3n) is 5.95. The van der Waals surface area contributed by atoms with Crippen molar-refractivity contribution in [2.24, 2.45) is 0 Å². The molecule has 0 spiro atoms. The summed E-state index contributed by atoms with van der Waals surface area (Å²) in [6.45, 7) is 0.674. The molecule has 0 saturated carbocycles. The van der Waals surface area contributed by atoms with Crippen molar-refractivity contribution in [2.75, 3.05) is 20.3 Å². The number of halogens is 1. The van der Waals surface area contributed by atoms with Gasteiger partial charge in [0.2, 0.25) is 11.8 Å². The fraction of sp³-hybridized carbons (Fsp3) is 0.417. The summed E-state index contributed by atoms with van der Waals surface area (Å²) < 4.78 is 31.1. The summed E-state index contributed by atoms with van der Waals surface area (Å²) in [6, 6.07) is 12.1. The van der Waals surface area contributed by atoms with Gasteiger partial charge in [-0.15, -0.1) is 0 Å². The van der Waals surface area contributed by atoms with Crippen LogP contribution in [0.5, 0.6) is 17.2 Å². The van der Waals surface area contributed by atoms with Crippen LogP contribution in [0.1, 0.15) is 31.2 Å². The Hall–Kier alpha value is -3.29.